The summed E-state index contributed by atoms with van der Waals surface area (Å²) in [6.07, 6.45) is 0. The molecule has 0 bridgehead atoms. The second kappa shape index (κ2) is 4.24. The number of nitrogens with zero attached hydrogens (tertiary/aromatic N) is 1. The third-order valence-electron chi connectivity index (χ3n) is 2.67. The molecule has 1 heterocycles. The maximum absolute atomic E-state index is 11.8. The fourth-order valence-corrected chi connectivity index (χ4v) is 1.89. The van der Waals surface area contributed by atoms with Gasteiger partial charge in [-0.05, 0) is 31.5 Å². The van der Waals surface area contributed by atoms with Crippen LogP contribution in [0.3, 0.4) is 0 Å². The van der Waals surface area contributed by atoms with Crippen molar-refractivity contribution in [2.45, 2.75) is 13.8 Å². The van der Waals surface area contributed by atoms with Gasteiger partial charge in [0.1, 0.15) is 0 Å². The highest BCUT2D eigenvalue weighted by Crippen LogP contribution is 2.22. The third-order valence-corrected chi connectivity index (χ3v) is 2.67. The molecule has 0 atom stereocenters. The highest BCUT2D eigenvalue weighted by atomic mass is 16.3. The molecule has 6 heteroatoms. The molecule has 0 saturated heterocycles. The molecule has 0 aliphatic carbocycles. The number of phenolic OH excluding ortho intramolecular Hbond substituents is 1. The largest absolute Gasteiger partial charge is 0.503 e. The van der Waals surface area contributed by atoms with Gasteiger partial charge in [-0.15, -0.1) is 0 Å². The van der Waals surface area contributed by atoms with E-state index in [2.05, 4.69) is 4.98 Å². The van der Waals surface area contributed by atoms with Gasteiger partial charge in [0.2, 0.25) is 5.43 Å². The van der Waals surface area contributed by atoms with Crippen molar-refractivity contribution in [2.24, 2.45) is 0 Å². The number of phenols is 1. The van der Waals surface area contributed by atoms with Gasteiger partial charge in [-0.1, -0.05) is 0 Å². The van der Waals surface area contributed by atoms with Crippen molar-refractivity contribution in [1.29, 1.82) is 0 Å². The van der Waals surface area contributed by atoms with Gasteiger partial charge in [0.15, 0.2) is 5.75 Å². The van der Waals surface area contributed by atoms with Crippen molar-refractivity contribution >= 4 is 0 Å². The Kier molecular flexibility index (Phi) is 2.86. The Morgan fingerprint density at radius 3 is 1.84 bits per heavy atom. The Labute approximate surface area is 106 Å². The number of aromatic nitrogens is 1. The monoisotopic (exact) mass is 259 g/mol. The van der Waals surface area contributed by atoms with Crippen LogP contribution in [0.15, 0.2) is 31.3 Å². The van der Waals surface area contributed by atoms with Crippen LogP contribution in [0.1, 0.15) is 11.4 Å². The lowest BCUT2D eigenvalue weighted by molar-refractivity contribution is 0.470. The molecule has 96 valence electrons. The van der Waals surface area contributed by atoms with Crippen LogP contribution in [-0.2, 0) is 0 Å². The second-order valence-electron chi connectivity index (χ2n) is 4.18. The highest BCUT2D eigenvalue weighted by Gasteiger charge is 2.20. The van der Waals surface area contributed by atoms with Gasteiger partial charge in [0, 0.05) is 11.4 Å². The van der Waals surface area contributed by atoms with Gasteiger partial charge in [0.25, 0.3) is 16.3 Å². The fraction of sp³-hybridized carbons (Fsp3) is 0.154. The Balaban J connectivity index is 2.99. The van der Waals surface area contributed by atoms with Crippen LogP contribution in [0.4, 0.5) is 0 Å². The number of rotatable bonds is 1. The Bertz CT molecular complexity index is 855. The van der Waals surface area contributed by atoms with Gasteiger partial charge >= 0.3 is 0 Å². The van der Waals surface area contributed by atoms with Gasteiger partial charge in [0.05, 0.1) is 5.56 Å². The summed E-state index contributed by atoms with van der Waals surface area (Å²) in [5.74, 6) is -0.986. The predicted molar refractivity (Wildman–Crippen MR) is 68.3 cm³/mol. The van der Waals surface area contributed by atoms with Crippen molar-refractivity contribution < 1.29 is 5.11 Å². The fourth-order valence-electron chi connectivity index (χ4n) is 1.89. The zero-order chi connectivity index (χ0) is 14.3. The molecule has 0 unspecified atom stereocenters. The van der Waals surface area contributed by atoms with E-state index in [1.54, 1.807) is 13.8 Å². The topological polar surface area (TPSA) is 101 Å². The molecule has 19 heavy (non-hydrogen) atoms. The maximum atomic E-state index is 11.8. The number of pyridine rings is 1. The number of aromatic hydroxyl groups is 1. The molecule has 1 aromatic carbocycles. The first-order valence-corrected chi connectivity index (χ1v) is 5.39. The van der Waals surface area contributed by atoms with E-state index in [0.717, 1.165) is 0 Å². The first-order chi connectivity index (χ1) is 8.82. The van der Waals surface area contributed by atoms with Crippen LogP contribution in [-0.4, -0.2) is 10.1 Å². The van der Waals surface area contributed by atoms with Crippen LogP contribution in [0.25, 0.3) is 11.1 Å². The summed E-state index contributed by atoms with van der Waals surface area (Å²) in [6.45, 7) is 3.33. The number of aryl methyl sites for hydroxylation is 2. The minimum atomic E-state index is -1.51. The van der Waals surface area contributed by atoms with E-state index < -0.39 is 33.0 Å². The minimum absolute atomic E-state index is 0.196. The summed E-state index contributed by atoms with van der Waals surface area (Å²) in [7, 11) is 0. The molecule has 0 spiro atoms. The summed E-state index contributed by atoms with van der Waals surface area (Å²) in [5, 5.41) is 9.65. The Morgan fingerprint density at radius 1 is 0.842 bits per heavy atom. The Morgan fingerprint density at radius 2 is 1.32 bits per heavy atom. The van der Waals surface area contributed by atoms with Crippen molar-refractivity contribution in [3.8, 4) is 16.9 Å². The zero-order valence-corrected chi connectivity index (χ0v) is 10.2. The van der Waals surface area contributed by atoms with E-state index >= 15 is 0 Å². The molecule has 0 fully saturated rings. The predicted octanol–water partition coefficient (Wildman–Crippen LogP) is -0.613. The lowest BCUT2D eigenvalue weighted by Gasteiger charge is -2.04. The summed E-state index contributed by atoms with van der Waals surface area (Å²) >= 11 is 0. The maximum Gasteiger partial charge on any atom is 0.280 e. The lowest BCUT2D eigenvalue weighted by Crippen LogP contribution is -2.46. The van der Waals surface area contributed by atoms with E-state index in [4.69, 9.17) is 0 Å². The zero-order valence-electron chi connectivity index (χ0n) is 10.2. The SMILES string of the molecule is Cc1cc(-c2c(O)c(=O)c(=O)c(=O)c2=O)cc(C)n1. The molecule has 6 nitrogen and oxygen atoms in total. The second-order valence-corrected chi connectivity index (χ2v) is 4.18. The Hall–Kier alpha value is -2.63. The van der Waals surface area contributed by atoms with Crippen LogP contribution >= 0.6 is 0 Å². The van der Waals surface area contributed by atoms with Gasteiger partial charge < -0.3 is 5.11 Å². The molecule has 0 amide bonds. The molecule has 0 aliphatic heterocycles. The van der Waals surface area contributed by atoms with Crippen molar-refractivity contribution in [3.05, 3.63) is 64.4 Å². The lowest BCUT2D eigenvalue weighted by atomic mass is 10.0. The quantitative estimate of drug-likeness (QED) is 0.685. The van der Waals surface area contributed by atoms with Crippen LogP contribution in [0, 0.1) is 13.8 Å². The molecule has 2 rings (SSSR count). The van der Waals surface area contributed by atoms with Crippen molar-refractivity contribution in [3.63, 3.8) is 0 Å². The van der Waals surface area contributed by atoms with E-state index in [1.165, 1.54) is 12.1 Å². The molecule has 0 radical (unpaired) electrons. The van der Waals surface area contributed by atoms with Gasteiger partial charge in [-0.3, -0.25) is 24.2 Å². The number of hydrogen-bond donors (Lipinski definition) is 1. The standard InChI is InChI=1S/C13H9NO5/c1-5-3-7(4-6(2)14-5)8-9(15)11(17)13(19)12(18)10(8)16/h3-4,15H,1-2H3. The first-order valence-electron chi connectivity index (χ1n) is 5.39. The van der Waals surface area contributed by atoms with Gasteiger partial charge in [-0.2, -0.15) is 0 Å². The van der Waals surface area contributed by atoms with Crippen LogP contribution in [0.2, 0.25) is 0 Å². The van der Waals surface area contributed by atoms with Crippen molar-refractivity contribution in [2.75, 3.05) is 0 Å². The van der Waals surface area contributed by atoms with E-state index in [0.29, 0.717) is 11.4 Å². The average molecular weight is 259 g/mol. The van der Waals surface area contributed by atoms with Crippen LogP contribution in [0.5, 0.6) is 5.75 Å². The van der Waals surface area contributed by atoms with E-state index in [-0.39, 0.29) is 5.56 Å². The number of hydrogen-bond acceptors (Lipinski definition) is 6. The summed E-state index contributed by atoms with van der Waals surface area (Å²) < 4.78 is 0. The first kappa shape index (κ1) is 12.8. The molecule has 2 aromatic rings. The van der Waals surface area contributed by atoms with Crippen LogP contribution < -0.4 is 21.7 Å². The summed E-state index contributed by atoms with van der Waals surface area (Å²) in [5.41, 5.74) is -4.60. The molecule has 0 saturated carbocycles. The highest BCUT2D eigenvalue weighted by molar-refractivity contribution is 5.70. The normalized spacial score (nSPS) is 10.6. The summed E-state index contributed by atoms with van der Waals surface area (Å²) in [4.78, 5) is 49.7. The van der Waals surface area contributed by atoms with E-state index in [9.17, 15) is 24.3 Å². The molecular formula is C13H9NO5. The van der Waals surface area contributed by atoms with Crippen molar-refractivity contribution in [1.82, 2.24) is 4.98 Å². The molecule has 1 aromatic heterocycles. The molecule has 0 aliphatic rings. The average Bonchev–Trinajstić information content (AvgIpc) is 2.33. The van der Waals surface area contributed by atoms with E-state index in [1.807, 2.05) is 0 Å². The minimum Gasteiger partial charge on any atom is -0.503 e. The smallest absolute Gasteiger partial charge is 0.280 e. The summed E-state index contributed by atoms with van der Waals surface area (Å²) in [6, 6.07) is 2.90. The third kappa shape index (κ3) is 1.97. The molecular weight excluding hydrogens is 250 g/mol. The molecule has 1 N–H and O–H groups in total. The van der Waals surface area contributed by atoms with Gasteiger partial charge in [-0.25, -0.2) is 0 Å². The number of benzene rings is 1.